The maximum absolute atomic E-state index is 12.8. The van der Waals surface area contributed by atoms with Crippen molar-refractivity contribution >= 4 is 29.1 Å². The van der Waals surface area contributed by atoms with Crippen molar-refractivity contribution in [3.63, 3.8) is 0 Å². The highest BCUT2D eigenvalue weighted by Gasteiger charge is 2.23. The highest BCUT2D eigenvalue weighted by molar-refractivity contribution is 5.85. The molecule has 5 rings (SSSR count). The standard InChI is InChI=1S/C18H19N7O.ClH/c1-23-15-11-20-16(13-10-21-24-8-3-2-6-14(13)24)22-17(15)25(18(23)26)12-5-4-7-19-9-12;/h2-3,6,8,10-12,19H,4-5,7,9H2,1H3;1H. The van der Waals surface area contributed by atoms with E-state index < -0.39 is 0 Å². The first-order valence-electron chi connectivity index (χ1n) is 8.81. The smallest absolute Gasteiger partial charge is 0.315 e. The number of aromatic nitrogens is 6. The molecule has 1 saturated heterocycles. The van der Waals surface area contributed by atoms with Crippen LogP contribution in [0, 0.1) is 0 Å². The summed E-state index contributed by atoms with van der Waals surface area (Å²) < 4.78 is 5.24. The number of aryl methyl sites for hydroxylation is 1. The fraction of sp³-hybridized carbons (Fsp3) is 0.333. The van der Waals surface area contributed by atoms with Gasteiger partial charge in [0.05, 0.1) is 29.5 Å². The third-order valence-corrected chi connectivity index (χ3v) is 5.14. The van der Waals surface area contributed by atoms with Gasteiger partial charge < -0.3 is 5.32 Å². The van der Waals surface area contributed by atoms with Gasteiger partial charge in [0, 0.05) is 19.8 Å². The van der Waals surface area contributed by atoms with Gasteiger partial charge in [-0.05, 0) is 31.5 Å². The van der Waals surface area contributed by atoms with Crippen LogP contribution in [0.4, 0.5) is 0 Å². The van der Waals surface area contributed by atoms with E-state index in [4.69, 9.17) is 4.98 Å². The summed E-state index contributed by atoms with van der Waals surface area (Å²) in [7, 11) is 1.77. The van der Waals surface area contributed by atoms with Gasteiger partial charge in [-0.1, -0.05) is 6.07 Å². The number of rotatable bonds is 2. The molecule has 4 aromatic rings. The van der Waals surface area contributed by atoms with E-state index in [2.05, 4.69) is 15.4 Å². The SMILES string of the molecule is Cl.Cn1c(=O)n(C2CCCNC2)c2nc(-c3cnn4ccccc34)ncc21. The number of nitrogens with zero attached hydrogens (tertiary/aromatic N) is 6. The number of pyridine rings is 1. The van der Waals surface area contributed by atoms with Crippen molar-refractivity contribution in [3.05, 3.63) is 47.3 Å². The summed E-state index contributed by atoms with van der Waals surface area (Å²) in [6, 6.07) is 6.00. The maximum Gasteiger partial charge on any atom is 0.330 e. The minimum Gasteiger partial charge on any atom is -0.315 e. The van der Waals surface area contributed by atoms with Crippen LogP contribution in [0.2, 0.25) is 0 Å². The predicted molar refractivity (Wildman–Crippen MR) is 105 cm³/mol. The van der Waals surface area contributed by atoms with Crippen molar-refractivity contribution in [2.75, 3.05) is 13.1 Å². The summed E-state index contributed by atoms with van der Waals surface area (Å²) >= 11 is 0. The molecule has 0 bridgehead atoms. The quantitative estimate of drug-likeness (QED) is 0.569. The lowest BCUT2D eigenvalue weighted by Gasteiger charge is -2.23. The van der Waals surface area contributed by atoms with E-state index >= 15 is 0 Å². The molecule has 0 saturated carbocycles. The van der Waals surface area contributed by atoms with Gasteiger partial charge in [0.1, 0.15) is 5.52 Å². The second-order valence-corrected chi connectivity index (χ2v) is 6.70. The first-order valence-corrected chi connectivity index (χ1v) is 8.81. The van der Waals surface area contributed by atoms with E-state index in [9.17, 15) is 4.79 Å². The lowest BCUT2D eigenvalue weighted by molar-refractivity contribution is 0.368. The molecule has 1 aliphatic rings. The van der Waals surface area contributed by atoms with Crippen molar-refractivity contribution in [3.8, 4) is 11.4 Å². The topological polar surface area (TPSA) is 82.0 Å². The van der Waals surface area contributed by atoms with Gasteiger partial charge >= 0.3 is 5.69 Å². The first kappa shape index (κ1) is 17.7. The molecule has 140 valence electrons. The molecule has 1 N–H and O–H groups in total. The van der Waals surface area contributed by atoms with Gasteiger partial charge in [-0.2, -0.15) is 5.10 Å². The fourth-order valence-electron chi connectivity index (χ4n) is 3.76. The second-order valence-electron chi connectivity index (χ2n) is 6.70. The van der Waals surface area contributed by atoms with Crippen LogP contribution in [0.5, 0.6) is 0 Å². The lowest BCUT2D eigenvalue weighted by atomic mass is 10.1. The normalized spacial score (nSPS) is 17.3. The lowest BCUT2D eigenvalue weighted by Crippen LogP contribution is -2.36. The molecule has 5 heterocycles. The molecule has 4 aromatic heterocycles. The molecular formula is C18H20ClN7O. The van der Waals surface area contributed by atoms with E-state index in [1.54, 1.807) is 28.5 Å². The molecule has 1 unspecified atom stereocenters. The van der Waals surface area contributed by atoms with E-state index in [-0.39, 0.29) is 24.1 Å². The summed E-state index contributed by atoms with van der Waals surface area (Å²) in [4.78, 5) is 22.1. The molecule has 0 spiro atoms. The third kappa shape index (κ3) is 2.72. The van der Waals surface area contributed by atoms with Gasteiger partial charge in [0.25, 0.3) is 0 Å². The number of imidazole rings is 1. The van der Waals surface area contributed by atoms with Gasteiger partial charge in [0.15, 0.2) is 11.5 Å². The Balaban J connectivity index is 0.00000180. The fourth-order valence-corrected chi connectivity index (χ4v) is 3.76. The molecule has 9 heteroatoms. The molecule has 27 heavy (non-hydrogen) atoms. The largest absolute Gasteiger partial charge is 0.330 e. The average molecular weight is 386 g/mol. The zero-order valence-corrected chi connectivity index (χ0v) is 15.7. The van der Waals surface area contributed by atoms with Crippen LogP contribution in [-0.2, 0) is 7.05 Å². The zero-order chi connectivity index (χ0) is 17.7. The van der Waals surface area contributed by atoms with Crippen LogP contribution in [0.1, 0.15) is 18.9 Å². The van der Waals surface area contributed by atoms with Gasteiger partial charge in [0.2, 0.25) is 0 Å². The van der Waals surface area contributed by atoms with Crippen molar-refractivity contribution in [1.29, 1.82) is 0 Å². The van der Waals surface area contributed by atoms with Crippen molar-refractivity contribution in [2.45, 2.75) is 18.9 Å². The minimum atomic E-state index is -0.0417. The summed E-state index contributed by atoms with van der Waals surface area (Å²) in [6.07, 6.45) is 7.42. The third-order valence-electron chi connectivity index (χ3n) is 5.14. The van der Waals surface area contributed by atoms with Crippen LogP contribution in [0.3, 0.4) is 0 Å². The number of hydrogen-bond acceptors (Lipinski definition) is 5. The Kier molecular flexibility index (Phi) is 4.45. The number of halogens is 1. The van der Waals surface area contributed by atoms with E-state index in [1.165, 1.54) is 0 Å². The van der Waals surface area contributed by atoms with Crippen LogP contribution in [-0.4, -0.2) is 41.8 Å². The number of piperidine rings is 1. The van der Waals surface area contributed by atoms with Crippen molar-refractivity contribution < 1.29 is 0 Å². The summed E-state index contributed by atoms with van der Waals surface area (Å²) in [5.41, 5.74) is 3.19. The molecule has 1 fully saturated rings. The molecule has 0 aromatic carbocycles. The Morgan fingerprint density at radius 3 is 2.93 bits per heavy atom. The van der Waals surface area contributed by atoms with E-state index in [1.807, 2.05) is 29.0 Å². The average Bonchev–Trinajstić information content (AvgIpc) is 3.22. The highest BCUT2D eigenvalue weighted by atomic mass is 35.5. The Hall–Kier alpha value is -2.71. The predicted octanol–water partition coefficient (Wildman–Crippen LogP) is 1.79. The molecule has 0 amide bonds. The Labute approximate surface area is 161 Å². The van der Waals surface area contributed by atoms with Crippen molar-refractivity contribution in [1.82, 2.24) is 34.0 Å². The Bertz CT molecular complexity index is 1170. The molecular weight excluding hydrogens is 366 g/mol. The number of fused-ring (bicyclic) bond motifs is 2. The highest BCUT2D eigenvalue weighted by Crippen LogP contribution is 2.25. The Morgan fingerprint density at radius 2 is 2.11 bits per heavy atom. The van der Waals surface area contributed by atoms with Gasteiger partial charge in [-0.15, -0.1) is 12.4 Å². The molecule has 8 nitrogen and oxygen atoms in total. The van der Waals surface area contributed by atoms with E-state index in [0.717, 1.165) is 42.5 Å². The van der Waals surface area contributed by atoms with Crippen LogP contribution < -0.4 is 11.0 Å². The zero-order valence-electron chi connectivity index (χ0n) is 14.9. The van der Waals surface area contributed by atoms with Crippen LogP contribution in [0.15, 0.2) is 41.6 Å². The monoisotopic (exact) mass is 385 g/mol. The molecule has 0 aliphatic carbocycles. The summed E-state index contributed by atoms with van der Waals surface area (Å²) in [6.45, 7) is 1.79. The van der Waals surface area contributed by atoms with Crippen molar-refractivity contribution in [2.24, 2.45) is 7.05 Å². The summed E-state index contributed by atoms with van der Waals surface area (Å²) in [5.74, 6) is 0.585. The minimum absolute atomic E-state index is 0. The number of hydrogen-bond donors (Lipinski definition) is 1. The van der Waals surface area contributed by atoms with Gasteiger partial charge in [-0.25, -0.2) is 19.3 Å². The molecule has 1 aliphatic heterocycles. The second kappa shape index (κ2) is 6.79. The van der Waals surface area contributed by atoms with Crippen LogP contribution >= 0.6 is 12.4 Å². The first-order chi connectivity index (χ1) is 12.7. The Morgan fingerprint density at radius 1 is 1.22 bits per heavy atom. The van der Waals surface area contributed by atoms with E-state index in [0.29, 0.717) is 11.5 Å². The maximum atomic E-state index is 12.8. The molecule has 1 atom stereocenters. The summed E-state index contributed by atoms with van der Waals surface area (Å²) in [5, 5.41) is 7.74. The van der Waals surface area contributed by atoms with Crippen LogP contribution in [0.25, 0.3) is 28.1 Å². The molecule has 0 radical (unpaired) electrons. The number of nitrogens with one attached hydrogen (secondary N) is 1. The van der Waals surface area contributed by atoms with Gasteiger partial charge in [-0.3, -0.25) is 9.13 Å².